The summed E-state index contributed by atoms with van der Waals surface area (Å²) in [7, 11) is 4.00. The molecule has 1 saturated heterocycles. The highest BCUT2D eigenvalue weighted by atomic mass is 35.5. The van der Waals surface area contributed by atoms with Gasteiger partial charge in [-0.15, -0.1) is 12.4 Å². The van der Waals surface area contributed by atoms with Crippen molar-refractivity contribution in [1.82, 2.24) is 9.91 Å². The molecule has 0 spiro atoms. The molecule has 154 valence electrons. The Morgan fingerprint density at radius 3 is 2.45 bits per heavy atom. The lowest BCUT2D eigenvalue weighted by molar-refractivity contribution is -0.137. The van der Waals surface area contributed by atoms with Crippen molar-refractivity contribution in [3.63, 3.8) is 0 Å². The molecule has 7 heteroatoms. The molecular formula is C22H23ClF3N3. The van der Waals surface area contributed by atoms with Crippen LogP contribution in [-0.4, -0.2) is 42.8 Å². The van der Waals surface area contributed by atoms with Gasteiger partial charge in [0.1, 0.15) is 0 Å². The number of alkyl halides is 3. The molecule has 2 atom stereocenters. The van der Waals surface area contributed by atoms with Gasteiger partial charge in [-0.3, -0.25) is 5.01 Å². The second kappa shape index (κ2) is 8.20. The average molecular weight is 422 g/mol. The zero-order valence-corrected chi connectivity index (χ0v) is 17.0. The summed E-state index contributed by atoms with van der Waals surface area (Å²) in [4.78, 5) is 2.21. The van der Waals surface area contributed by atoms with E-state index in [1.807, 2.05) is 43.4 Å². The Bertz CT molecular complexity index is 924. The van der Waals surface area contributed by atoms with Crippen LogP contribution in [0.5, 0.6) is 0 Å². The van der Waals surface area contributed by atoms with E-state index in [-0.39, 0.29) is 24.4 Å². The van der Waals surface area contributed by atoms with Crippen molar-refractivity contribution in [2.75, 3.05) is 27.2 Å². The lowest BCUT2D eigenvalue weighted by atomic mass is 9.83. The monoisotopic (exact) mass is 421 g/mol. The van der Waals surface area contributed by atoms with Crippen LogP contribution in [0.3, 0.4) is 0 Å². The van der Waals surface area contributed by atoms with E-state index >= 15 is 0 Å². The van der Waals surface area contributed by atoms with E-state index in [1.54, 1.807) is 6.07 Å². The van der Waals surface area contributed by atoms with Gasteiger partial charge in [0, 0.05) is 26.1 Å². The lowest BCUT2D eigenvalue weighted by Gasteiger charge is -2.34. The number of piperidine rings is 1. The van der Waals surface area contributed by atoms with Crippen LogP contribution in [0, 0.1) is 5.92 Å². The van der Waals surface area contributed by atoms with E-state index in [2.05, 4.69) is 17.0 Å². The number of hydrogen-bond acceptors (Lipinski definition) is 3. The summed E-state index contributed by atoms with van der Waals surface area (Å²) < 4.78 is 39.2. The number of likely N-dealkylation sites (tertiary alicyclic amines) is 1. The van der Waals surface area contributed by atoms with E-state index in [9.17, 15) is 13.2 Å². The zero-order chi connectivity index (χ0) is 19.9. The van der Waals surface area contributed by atoms with Gasteiger partial charge in [-0.1, -0.05) is 42.5 Å². The van der Waals surface area contributed by atoms with Crippen molar-refractivity contribution in [2.24, 2.45) is 11.0 Å². The molecule has 2 aromatic carbocycles. The van der Waals surface area contributed by atoms with E-state index in [0.717, 1.165) is 23.9 Å². The molecule has 4 rings (SSSR count). The Morgan fingerprint density at radius 1 is 1.03 bits per heavy atom. The van der Waals surface area contributed by atoms with Crippen LogP contribution in [0.1, 0.15) is 22.7 Å². The average Bonchev–Trinajstić information content (AvgIpc) is 2.98. The highest BCUT2D eigenvalue weighted by Crippen LogP contribution is 2.39. The summed E-state index contributed by atoms with van der Waals surface area (Å²) in [6.45, 7) is 1.53. The fraction of sp³-hybridized carbons (Fsp3) is 0.318. The van der Waals surface area contributed by atoms with E-state index < -0.39 is 11.7 Å². The highest BCUT2D eigenvalue weighted by molar-refractivity contribution is 6.07. The zero-order valence-electron chi connectivity index (χ0n) is 16.2. The molecule has 2 heterocycles. The van der Waals surface area contributed by atoms with E-state index in [1.165, 1.54) is 17.7 Å². The molecule has 2 aliphatic rings. The molecule has 0 N–H and O–H groups in total. The molecule has 0 aromatic heterocycles. The summed E-state index contributed by atoms with van der Waals surface area (Å²) >= 11 is 0. The molecule has 0 amide bonds. The summed E-state index contributed by atoms with van der Waals surface area (Å²) in [6, 6.07) is 15.8. The third kappa shape index (κ3) is 4.33. The summed E-state index contributed by atoms with van der Waals surface area (Å²) in [5, 5.41) is 6.76. The maximum absolute atomic E-state index is 13.1. The van der Waals surface area contributed by atoms with Gasteiger partial charge in [0.2, 0.25) is 0 Å². The number of halogens is 4. The highest BCUT2D eigenvalue weighted by Gasteiger charge is 2.41. The third-order valence-electron chi connectivity index (χ3n) is 5.37. The van der Waals surface area contributed by atoms with E-state index in [0.29, 0.717) is 12.1 Å². The second-order valence-corrected chi connectivity index (χ2v) is 7.51. The van der Waals surface area contributed by atoms with Crippen LogP contribution in [0.2, 0.25) is 0 Å². The van der Waals surface area contributed by atoms with Gasteiger partial charge in [-0.25, -0.2) is 0 Å². The second-order valence-electron chi connectivity index (χ2n) is 7.51. The van der Waals surface area contributed by atoms with Crippen LogP contribution in [0.15, 0.2) is 65.3 Å². The molecule has 2 aliphatic heterocycles. The summed E-state index contributed by atoms with van der Waals surface area (Å²) in [5.74, 6) is 0.184. The van der Waals surface area contributed by atoms with Gasteiger partial charge in [0.25, 0.3) is 0 Å². The molecule has 0 aliphatic carbocycles. The first-order valence-corrected chi connectivity index (χ1v) is 9.26. The van der Waals surface area contributed by atoms with Crippen LogP contribution < -0.4 is 0 Å². The van der Waals surface area contributed by atoms with Gasteiger partial charge in [0.05, 0.1) is 17.3 Å². The predicted molar refractivity (Wildman–Crippen MR) is 112 cm³/mol. The van der Waals surface area contributed by atoms with E-state index in [4.69, 9.17) is 5.10 Å². The minimum Gasteiger partial charge on any atom is -0.301 e. The first-order valence-electron chi connectivity index (χ1n) is 9.26. The number of hydrogen-bond donors (Lipinski definition) is 0. The van der Waals surface area contributed by atoms with Gasteiger partial charge in [0.15, 0.2) is 0 Å². The number of likely N-dealkylation sites (N-methyl/N-ethyl adjacent to an activating group) is 1. The number of fused-ring (bicyclic) bond motifs is 1. The Kier molecular flexibility index (Phi) is 6.05. The molecule has 2 aromatic rings. The van der Waals surface area contributed by atoms with Gasteiger partial charge in [-0.2, -0.15) is 18.3 Å². The van der Waals surface area contributed by atoms with Crippen molar-refractivity contribution in [1.29, 1.82) is 0 Å². The molecular weight excluding hydrogens is 399 g/mol. The molecule has 1 fully saturated rings. The maximum atomic E-state index is 13.1. The first kappa shape index (κ1) is 21.4. The van der Waals surface area contributed by atoms with Crippen LogP contribution >= 0.6 is 12.4 Å². The Labute approximate surface area is 174 Å². The van der Waals surface area contributed by atoms with Crippen LogP contribution in [0.4, 0.5) is 13.2 Å². The van der Waals surface area contributed by atoms with Crippen molar-refractivity contribution >= 4 is 24.2 Å². The number of benzene rings is 2. The lowest BCUT2D eigenvalue weighted by Crippen LogP contribution is -2.41. The van der Waals surface area contributed by atoms with Crippen LogP contribution in [0.25, 0.3) is 6.08 Å². The number of nitrogens with zero attached hydrogens (tertiary/aromatic N) is 3. The quantitative estimate of drug-likeness (QED) is 0.670. The molecule has 0 saturated carbocycles. The Morgan fingerprint density at radius 2 is 1.76 bits per heavy atom. The molecule has 29 heavy (non-hydrogen) atoms. The topological polar surface area (TPSA) is 18.8 Å². The molecule has 2 unspecified atom stereocenters. The standard InChI is InChI=1S/C22H22F3N3.ClH/c1-27-13-17(11-15-7-6-10-18(12-15)22(23,24)25)20-19(14-27)21(28(2)26-20)16-8-4-3-5-9-16;/h3-12,19,21H,13-14H2,1-2H3;1H. The molecule has 3 nitrogen and oxygen atoms in total. The first-order chi connectivity index (χ1) is 13.3. The molecule has 0 bridgehead atoms. The summed E-state index contributed by atoms with van der Waals surface area (Å²) in [5.41, 5.74) is 3.07. The maximum Gasteiger partial charge on any atom is 0.416 e. The fourth-order valence-corrected chi connectivity index (χ4v) is 4.20. The van der Waals surface area contributed by atoms with Crippen molar-refractivity contribution < 1.29 is 13.2 Å². The largest absolute Gasteiger partial charge is 0.416 e. The van der Waals surface area contributed by atoms with Gasteiger partial charge < -0.3 is 4.90 Å². The SMILES string of the molecule is CN1CC(=Cc2cccc(C(F)(F)F)c2)C2=NN(C)C(c3ccccc3)C2C1.Cl. The Hall–Kier alpha value is -2.31. The molecule has 0 radical (unpaired) electrons. The Balaban J connectivity index is 0.00000240. The van der Waals surface area contributed by atoms with Crippen molar-refractivity contribution in [3.8, 4) is 0 Å². The normalized spacial score (nSPS) is 23.6. The predicted octanol–water partition coefficient (Wildman–Crippen LogP) is 5.11. The minimum atomic E-state index is -4.34. The van der Waals surface area contributed by atoms with Gasteiger partial charge >= 0.3 is 6.18 Å². The number of hydrazone groups is 1. The van der Waals surface area contributed by atoms with Crippen molar-refractivity contribution in [3.05, 3.63) is 76.9 Å². The summed E-state index contributed by atoms with van der Waals surface area (Å²) in [6.07, 6.45) is -2.50. The fourth-order valence-electron chi connectivity index (χ4n) is 4.20. The third-order valence-corrected chi connectivity index (χ3v) is 5.37. The van der Waals surface area contributed by atoms with Gasteiger partial charge in [-0.05, 0) is 42.0 Å². The minimum absolute atomic E-state index is 0. The smallest absolute Gasteiger partial charge is 0.301 e. The van der Waals surface area contributed by atoms with Crippen molar-refractivity contribution in [2.45, 2.75) is 12.2 Å². The van der Waals surface area contributed by atoms with Crippen LogP contribution in [-0.2, 0) is 6.18 Å². The number of rotatable bonds is 2.